The topological polar surface area (TPSA) is 44.6 Å². The first-order valence-corrected chi connectivity index (χ1v) is 11.6. The van der Waals surface area contributed by atoms with Crippen LogP contribution in [0.4, 0.5) is 5.69 Å². The van der Waals surface area contributed by atoms with E-state index in [0.29, 0.717) is 0 Å². The lowest BCUT2D eigenvalue weighted by Gasteiger charge is -2.36. The highest BCUT2D eigenvalue weighted by Gasteiger charge is 2.17. The molecule has 0 unspecified atom stereocenters. The summed E-state index contributed by atoms with van der Waals surface area (Å²) >= 11 is 0. The summed E-state index contributed by atoms with van der Waals surface area (Å²) in [5.41, 5.74) is 5.01. The van der Waals surface area contributed by atoms with E-state index >= 15 is 0 Å². The van der Waals surface area contributed by atoms with Crippen molar-refractivity contribution in [2.75, 3.05) is 44.7 Å². The van der Waals surface area contributed by atoms with Crippen LogP contribution >= 0.6 is 0 Å². The van der Waals surface area contributed by atoms with Gasteiger partial charge in [0.15, 0.2) is 0 Å². The van der Waals surface area contributed by atoms with Crippen molar-refractivity contribution in [3.63, 3.8) is 0 Å². The van der Waals surface area contributed by atoms with Gasteiger partial charge < -0.3 is 19.0 Å². The van der Waals surface area contributed by atoms with Crippen molar-refractivity contribution in [3.8, 4) is 17.1 Å². The summed E-state index contributed by atoms with van der Waals surface area (Å²) in [5.74, 6) is 1.85. The normalized spacial score (nSPS) is 14.8. The minimum Gasteiger partial charge on any atom is -0.497 e. The monoisotopic (exact) mass is 429 g/mol. The lowest BCUT2D eigenvalue weighted by Crippen LogP contribution is -2.46. The Labute approximate surface area is 189 Å². The number of nitrogens with one attached hydrogen (secondary N) is 1. The van der Waals surface area contributed by atoms with E-state index in [2.05, 4.69) is 57.4 Å². The fourth-order valence-corrected chi connectivity index (χ4v) is 4.65. The number of H-pyrrole nitrogens is 1. The number of methoxy groups -OCH3 is 1. The van der Waals surface area contributed by atoms with Crippen molar-refractivity contribution in [2.45, 2.75) is 19.3 Å². The molecule has 0 radical (unpaired) electrons. The van der Waals surface area contributed by atoms with E-state index < -0.39 is 0 Å². The summed E-state index contributed by atoms with van der Waals surface area (Å²) in [6.07, 6.45) is 7.42. The number of furan rings is 1. The average Bonchev–Trinajstić information content (AvgIpc) is 3.52. The van der Waals surface area contributed by atoms with Crippen LogP contribution in [0.3, 0.4) is 0 Å². The molecule has 4 aromatic rings. The van der Waals surface area contributed by atoms with Crippen LogP contribution in [0, 0.1) is 0 Å². The molecule has 0 amide bonds. The van der Waals surface area contributed by atoms with Gasteiger partial charge in [0.05, 0.1) is 13.4 Å². The van der Waals surface area contributed by atoms with Gasteiger partial charge in [0, 0.05) is 54.5 Å². The van der Waals surface area contributed by atoms with Crippen molar-refractivity contribution in [2.24, 2.45) is 0 Å². The fraction of sp³-hybridized carbons (Fsp3) is 0.333. The SMILES string of the molecule is COc1ccc2[nH]cc(CCCCN3CCN(c4ccc(-c5ccco5)cc4)CC3)c2c1. The second kappa shape index (κ2) is 9.53. The highest BCUT2D eigenvalue weighted by Crippen LogP contribution is 2.26. The zero-order valence-electron chi connectivity index (χ0n) is 18.7. The minimum absolute atomic E-state index is 0.923. The van der Waals surface area contributed by atoms with Gasteiger partial charge in [-0.1, -0.05) is 0 Å². The molecular formula is C27H31N3O2. The summed E-state index contributed by atoms with van der Waals surface area (Å²) in [5, 5.41) is 1.29. The van der Waals surface area contributed by atoms with Gasteiger partial charge in [0.1, 0.15) is 11.5 Å². The molecule has 1 saturated heterocycles. The number of hydrogen-bond acceptors (Lipinski definition) is 4. The summed E-state index contributed by atoms with van der Waals surface area (Å²) < 4.78 is 10.9. The molecule has 1 N–H and O–H groups in total. The number of aromatic amines is 1. The van der Waals surface area contributed by atoms with Crippen LogP contribution in [0.5, 0.6) is 5.75 Å². The Morgan fingerprint density at radius 1 is 0.969 bits per heavy atom. The van der Waals surface area contributed by atoms with E-state index in [1.807, 2.05) is 18.2 Å². The van der Waals surface area contributed by atoms with E-state index in [9.17, 15) is 0 Å². The van der Waals surface area contributed by atoms with Gasteiger partial charge in [-0.25, -0.2) is 0 Å². The molecule has 2 aromatic carbocycles. The number of anilines is 1. The first-order chi connectivity index (χ1) is 15.8. The third-order valence-corrected chi connectivity index (χ3v) is 6.56. The average molecular weight is 430 g/mol. The lowest BCUT2D eigenvalue weighted by molar-refractivity contribution is 0.253. The molecule has 1 aliphatic heterocycles. The van der Waals surface area contributed by atoms with Crippen LogP contribution in [-0.4, -0.2) is 49.7 Å². The van der Waals surface area contributed by atoms with Gasteiger partial charge in [-0.15, -0.1) is 0 Å². The predicted octanol–water partition coefficient (Wildman–Crippen LogP) is 5.58. The molecule has 5 rings (SSSR count). The number of aryl methyl sites for hydroxylation is 1. The third kappa shape index (κ3) is 4.53. The number of benzene rings is 2. The Morgan fingerprint density at radius 2 is 1.81 bits per heavy atom. The van der Waals surface area contributed by atoms with Crippen LogP contribution in [0.15, 0.2) is 71.5 Å². The van der Waals surface area contributed by atoms with Gasteiger partial charge in [-0.2, -0.15) is 0 Å². The molecule has 2 aromatic heterocycles. The first kappa shape index (κ1) is 20.7. The smallest absolute Gasteiger partial charge is 0.133 e. The zero-order chi connectivity index (χ0) is 21.8. The number of nitrogens with zero attached hydrogens (tertiary/aromatic N) is 2. The molecule has 1 fully saturated rings. The molecule has 32 heavy (non-hydrogen) atoms. The maximum Gasteiger partial charge on any atom is 0.133 e. The fourth-order valence-electron chi connectivity index (χ4n) is 4.65. The maximum absolute atomic E-state index is 5.49. The third-order valence-electron chi connectivity index (χ3n) is 6.56. The molecule has 1 aliphatic rings. The van der Waals surface area contributed by atoms with Gasteiger partial charge in [-0.05, 0) is 86.0 Å². The maximum atomic E-state index is 5.49. The quantitative estimate of drug-likeness (QED) is 0.371. The summed E-state index contributed by atoms with van der Waals surface area (Å²) in [4.78, 5) is 8.48. The van der Waals surface area contributed by atoms with Gasteiger partial charge in [0.2, 0.25) is 0 Å². The Morgan fingerprint density at radius 3 is 2.56 bits per heavy atom. The van der Waals surface area contributed by atoms with Crippen molar-refractivity contribution in [3.05, 3.63) is 72.6 Å². The van der Waals surface area contributed by atoms with E-state index in [-0.39, 0.29) is 0 Å². The van der Waals surface area contributed by atoms with E-state index in [0.717, 1.165) is 49.7 Å². The minimum atomic E-state index is 0.923. The van der Waals surface area contributed by atoms with E-state index in [4.69, 9.17) is 9.15 Å². The molecule has 5 nitrogen and oxygen atoms in total. The molecule has 166 valence electrons. The molecule has 0 aliphatic carbocycles. The molecule has 0 bridgehead atoms. The van der Waals surface area contributed by atoms with Crippen molar-refractivity contribution in [1.29, 1.82) is 0 Å². The number of hydrogen-bond donors (Lipinski definition) is 1. The van der Waals surface area contributed by atoms with Crippen LogP contribution < -0.4 is 9.64 Å². The van der Waals surface area contributed by atoms with Crippen molar-refractivity contribution >= 4 is 16.6 Å². The number of piperazine rings is 1. The second-order valence-corrected chi connectivity index (χ2v) is 8.54. The van der Waals surface area contributed by atoms with E-state index in [1.165, 1.54) is 41.5 Å². The predicted molar refractivity (Wildman–Crippen MR) is 131 cm³/mol. The van der Waals surface area contributed by atoms with Crippen molar-refractivity contribution < 1.29 is 9.15 Å². The standard InChI is InChI=1S/C27H31N3O2/c1-31-24-11-12-26-25(19-24)22(20-28-26)5-2-3-13-29-14-16-30(17-15-29)23-9-7-21(8-10-23)27-6-4-18-32-27/h4,6-12,18-20,28H,2-3,5,13-17H2,1H3. The Hall–Kier alpha value is -3.18. The van der Waals surface area contributed by atoms with Crippen LogP contribution in [0.25, 0.3) is 22.2 Å². The van der Waals surface area contributed by atoms with Crippen LogP contribution in [0.1, 0.15) is 18.4 Å². The summed E-state index contributed by atoms with van der Waals surface area (Å²) in [7, 11) is 1.73. The first-order valence-electron chi connectivity index (χ1n) is 11.6. The van der Waals surface area contributed by atoms with Crippen LogP contribution in [-0.2, 0) is 6.42 Å². The molecule has 0 atom stereocenters. The molecular weight excluding hydrogens is 398 g/mol. The zero-order valence-corrected chi connectivity index (χ0v) is 18.7. The van der Waals surface area contributed by atoms with Gasteiger partial charge in [-0.3, -0.25) is 4.90 Å². The van der Waals surface area contributed by atoms with Gasteiger partial charge >= 0.3 is 0 Å². The van der Waals surface area contributed by atoms with Crippen LogP contribution in [0.2, 0.25) is 0 Å². The number of rotatable bonds is 8. The molecule has 5 heteroatoms. The van der Waals surface area contributed by atoms with Gasteiger partial charge in [0.25, 0.3) is 0 Å². The summed E-state index contributed by atoms with van der Waals surface area (Å²) in [6, 6.07) is 18.9. The largest absolute Gasteiger partial charge is 0.497 e. The Balaban J connectivity index is 1.07. The summed E-state index contributed by atoms with van der Waals surface area (Å²) in [6.45, 7) is 5.61. The number of aromatic nitrogens is 1. The van der Waals surface area contributed by atoms with Crippen molar-refractivity contribution in [1.82, 2.24) is 9.88 Å². The van der Waals surface area contributed by atoms with E-state index in [1.54, 1.807) is 13.4 Å². The highest BCUT2D eigenvalue weighted by molar-refractivity contribution is 5.84. The highest BCUT2D eigenvalue weighted by atomic mass is 16.5. The molecule has 0 saturated carbocycles. The Kier molecular flexibility index (Phi) is 6.17. The second-order valence-electron chi connectivity index (χ2n) is 8.54. The number of ether oxygens (including phenoxy) is 1. The lowest BCUT2D eigenvalue weighted by atomic mass is 10.1. The Bertz CT molecular complexity index is 1120. The number of unbranched alkanes of at least 4 members (excludes halogenated alkanes) is 1. The molecule has 0 spiro atoms. The number of fused-ring (bicyclic) bond motifs is 1. The molecule has 3 heterocycles.